The highest BCUT2D eigenvalue weighted by Crippen LogP contribution is 2.60. The molecule has 0 radical (unpaired) electrons. The molecule has 0 saturated heterocycles. The number of carbonyl (C=O) groups excluding carboxylic acids is 1. The number of hydrogen-bond donors (Lipinski definition) is 1. The van der Waals surface area contributed by atoms with Gasteiger partial charge in [0.25, 0.3) is 11.6 Å². The molecule has 32 heavy (non-hydrogen) atoms. The van der Waals surface area contributed by atoms with Gasteiger partial charge in [0.2, 0.25) is 0 Å². The molecule has 0 saturated carbocycles. The SMILES string of the molecule is O=C(Nc1ccc([N+](=O)[O-])cc1Br)C(F)(C(F)(F)C(F)(F)F)C(F)(F)C(F)(F)C(F)(F)F. The molecule has 0 heterocycles. The number of nitro groups is 1. The van der Waals surface area contributed by atoms with Crippen molar-refractivity contribution >= 4 is 33.2 Å². The predicted molar refractivity (Wildman–Crippen MR) is 80.2 cm³/mol. The van der Waals surface area contributed by atoms with Crippen LogP contribution in [0, 0.1) is 10.1 Å². The summed E-state index contributed by atoms with van der Waals surface area (Å²) in [7, 11) is 0. The van der Waals surface area contributed by atoms with E-state index in [0.717, 1.165) is 0 Å². The largest absolute Gasteiger partial charge is 0.460 e. The number of alkyl halides is 13. The third kappa shape index (κ3) is 4.05. The van der Waals surface area contributed by atoms with Crippen LogP contribution < -0.4 is 5.32 Å². The maximum absolute atomic E-state index is 14.6. The van der Waals surface area contributed by atoms with Crippen LogP contribution in [0.3, 0.4) is 0 Å². The molecule has 19 heteroatoms. The van der Waals surface area contributed by atoms with Crippen molar-refractivity contribution in [2.75, 3.05) is 5.32 Å². The second kappa shape index (κ2) is 7.91. The van der Waals surface area contributed by atoms with E-state index < -0.39 is 62.5 Å². The van der Waals surface area contributed by atoms with Crippen molar-refractivity contribution in [1.82, 2.24) is 0 Å². The number of halogens is 14. The summed E-state index contributed by atoms with van der Waals surface area (Å²) in [6.07, 6.45) is -15.1. The molecule has 0 aromatic heterocycles. The molecule has 0 fully saturated rings. The molecular formula is C13H4BrF13N2O3. The van der Waals surface area contributed by atoms with E-state index >= 15 is 0 Å². The molecule has 1 aromatic carbocycles. The number of nitrogens with one attached hydrogen (secondary N) is 1. The average Bonchev–Trinajstić information content (AvgIpc) is 2.59. The van der Waals surface area contributed by atoms with E-state index in [1.165, 1.54) is 0 Å². The normalized spacial score (nSPS) is 15.8. The van der Waals surface area contributed by atoms with Gasteiger partial charge < -0.3 is 5.32 Å². The lowest BCUT2D eigenvalue weighted by Crippen LogP contribution is -2.75. The Morgan fingerprint density at radius 3 is 1.59 bits per heavy atom. The fraction of sp³-hybridized carbons (Fsp3) is 0.462. The van der Waals surface area contributed by atoms with Crippen LogP contribution in [0.2, 0.25) is 0 Å². The number of carbonyl (C=O) groups is 1. The van der Waals surface area contributed by atoms with Crippen LogP contribution in [0.1, 0.15) is 0 Å². The first-order chi connectivity index (χ1) is 14.0. The third-order valence-electron chi connectivity index (χ3n) is 3.70. The molecular weight excluding hydrogens is 559 g/mol. The third-order valence-corrected chi connectivity index (χ3v) is 4.35. The summed E-state index contributed by atoms with van der Waals surface area (Å²) < 4.78 is 169. The fourth-order valence-electron chi connectivity index (χ4n) is 2.00. The highest BCUT2D eigenvalue weighted by Gasteiger charge is 2.92. The van der Waals surface area contributed by atoms with Gasteiger partial charge in [-0.15, -0.1) is 0 Å². The van der Waals surface area contributed by atoms with Crippen molar-refractivity contribution in [1.29, 1.82) is 0 Å². The molecule has 1 amide bonds. The number of hydrogen-bond acceptors (Lipinski definition) is 3. The molecule has 1 unspecified atom stereocenters. The molecule has 0 aliphatic carbocycles. The van der Waals surface area contributed by atoms with E-state index in [0.29, 0.717) is 17.4 Å². The summed E-state index contributed by atoms with van der Waals surface area (Å²) in [6.45, 7) is 0. The van der Waals surface area contributed by atoms with Gasteiger partial charge in [-0.05, 0) is 22.0 Å². The van der Waals surface area contributed by atoms with Crippen molar-refractivity contribution in [2.24, 2.45) is 0 Å². The second-order valence-electron chi connectivity index (χ2n) is 5.75. The molecule has 0 aliphatic heterocycles. The van der Waals surface area contributed by atoms with Gasteiger partial charge >= 0.3 is 35.8 Å². The maximum Gasteiger partial charge on any atom is 0.460 e. The molecule has 1 aromatic rings. The smallest absolute Gasteiger partial charge is 0.322 e. The minimum atomic E-state index is -8.02. The Morgan fingerprint density at radius 2 is 1.25 bits per heavy atom. The summed E-state index contributed by atoms with van der Waals surface area (Å²) >= 11 is 2.36. The van der Waals surface area contributed by atoms with Crippen molar-refractivity contribution < 1.29 is 66.8 Å². The predicted octanol–water partition coefficient (Wildman–Crippen LogP) is 6.03. The van der Waals surface area contributed by atoms with Crippen LogP contribution in [-0.4, -0.2) is 46.6 Å². The Labute approximate surface area is 174 Å². The number of benzene rings is 1. The van der Waals surface area contributed by atoms with Crippen LogP contribution >= 0.6 is 15.9 Å². The fourth-order valence-corrected chi connectivity index (χ4v) is 2.47. The minimum Gasteiger partial charge on any atom is -0.322 e. The summed E-state index contributed by atoms with van der Waals surface area (Å²) in [5, 5.41) is 11.1. The van der Waals surface area contributed by atoms with Gasteiger partial charge in [-0.1, -0.05) is 0 Å². The van der Waals surface area contributed by atoms with E-state index in [-0.39, 0.29) is 6.07 Å². The van der Waals surface area contributed by atoms with Crippen LogP contribution in [0.5, 0.6) is 0 Å². The molecule has 1 rings (SSSR count). The lowest BCUT2D eigenvalue weighted by molar-refractivity contribution is -0.414. The Balaban J connectivity index is 3.76. The summed E-state index contributed by atoms with van der Waals surface area (Å²) in [4.78, 5) is 21.1. The van der Waals surface area contributed by atoms with Crippen LogP contribution in [0.4, 0.5) is 68.5 Å². The number of amides is 1. The monoisotopic (exact) mass is 562 g/mol. The Morgan fingerprint density at radius 1 is 0.812 bits per heavy atom. The van der Waals surface area contributed by atoms with Crippen LogP contribution in [-0.2, 0) is 4.79 Å². The zero-order chi connectivity index (χ0) is 25.7. The van der Waals surface area contributed by atoms with Gasteiger partial charge in [0.15, 0.2) is 0 Å². The lowest BCUT2D eigenvalue weighted by atomic mass is 9.84. The lowest BCUT2D eigenvalue weighted by Gasteiger charge is -2.41. The van der Waals surface area contributed by atoms with E-state index in [4.69, 9.17) is 0 Å². The minimum absolute atomic E-state index is 0.242. The topological polar surface area (TPSA) is 72.2 Å². The molecule has 0 spiro atoms. The Bertz CT molecular complexity index is 915. The quantitative estimate of drug-likeness (QED) is 0.261. The molecule has 5 nitrogen and oxygen atoms in total. The molecule has 0 aliphatic rings. The zero-order valence-electron chi connectivity index (χ0n) is 14.2. The highest BCUT2D eigenvalue weighted by atomic mass is 79.9. The molecule has 1 atom stereocenters. The van der Waals surface area contributed by atoms with Crippen molar-refractivity contribution in [3.8, 4) is 0 Å². The van der Waals surface area contributed by atoms with Gasteiger partial charge in [0, 0.05) is 16.6 Å². The van der Waals surface area contributed by atoms with Gasteiger partial charge in [-0.25, -0.2) is 4.39 Å². The van der Waals surface area contributed by atoms with Crippen LogP contribution in [0.25, 0.3) is 0 Å². The maximum atomic E-state index is 14.6. The Kier molecular flexibility index (Phi) is 6.84. The molecule has 1 N–H and O–H groups in total. The zero-order valence-corrected chi connectivity index (χ0v) is 15.8. The second-order valence-corrected chi connectivity index (χ2v) is 6.61. The number of non-ortho nitro benzene ring substituents is 1. The van der Waals surface area contributed by atoms with Crippen molar-refractivity contribution in [3.05, 3.63) is 32.8 Å². The Hall–Kier alpha value is -2.34. The first-order valence-electron chi connectivity index (χ1n) is 7.18. The van der Waals surface area contributed by atoms with Gasteiger partial charge in [0.05, 0.1) is 10.6 Å². The number of rotatable bonds is 6. The average molecular weight is 563 g/mol. The van der Waals surface area contributed by atoms with Gasteiger partial charge in [-0.3, -0.25) is 14.9 Å². The number of anilines is 1. The van der Waals surface area contributed by atoms with E-state index in [2.05, 4.69) is 15.9 Å². The van der Waals surface area contributed by atoms with Gasteiger partial charge in [0.1, 0.15) is 0 Å². The van der Waals surface area contributed by atoms with E-state index in [9.17, 15) is 72.0 Å². The first-order valence-corrected chi connectivity index (χ1v) is 7.97. The standard InChI is InChI=1S/C13H4BrF13N2O3/c14-5-3-4(29(31)32)1-2-6(5)28-7(30)8(15,10(18,19)12(22,23)24)9(16,17)11(20,21)13(25,26)27/h1-3H,(H,28,30). The summed E-state index contributed by atoms with van der Waals surface area (Å²) in [6, 6.07) is 0.983. The van der Waals surface area contributed by atoms with Crippen LogP contribution in [0.15, 0.2) is 22.7 Å². The highest BCUT2D eigenvalue weighted by molar-refractivity contribution is 9.10. The summed E-state index contributed by atoms with van der Waals surface area (Å²) in [5.41, 5.74) is -9.69. The van der Waals surface area contributed by atoms with E-state index in [1.807, 2.05) is 0 Å². The van der Waals surface area contributed by atoms with E-state index in [1.54, 1.807) is 0 Å². The molecule has 182 valence electrons. The first kappa shape index (κ1) is 27.7. The molecule has 0 bridgehead atoms. The summed E-state index contributed by atoms with van der Waals surface area (Å²) in [5.74, 6) is -27.7. The number of nitrogens with zero attached hydrogens (tertiary/aromatic N) is 1. The van der Waals surface area contributed by atoms with Crippen molar-refractivity contribution in [2.45, 2.75) is 35.8 Å². The number of nitro benzene ring substituents is 1. The van der Waals surface area contributed by atoms with Crippen molar-refractivity contribution in [3.63, 3.8) is 0 Å². The van der Waals surface area contributed by atoms with Gasteiger partial charge in [-0.2, -0.15) is 52.7 Å².